The van der Waals surface area contributed by atoms with Crippen molar-refractivity contribution in [1.29, 1.82) is 0 Å². The SMILES string of the molecule is CCc1ccccc1C(C)(O)CN. The van der Waals surface area contributed by atoms with Gasteiger partial charge in [-0.3, -0.25) is 0 Å². The fourth-order valence-electron chi connectivity index (χ4n) is 1.46. The highest BCUT2D eigenvalue weighted by Gasteiger charge is 2.22. The lowest BCUT2D eigenvalue weighted by molar-refractivity contribution is 0.0659. The van der Waals surface area contributed by atoms with Gasteiger partial charge in [0.05, 0.1) is 5.60 Å². The molecule has 1 aromatic carbocycles. The van der Waals surface area contributed by atoms with E-state index in [2.05, 4.69) is 6.92 Å². The van der Waals surface area contributed by atoms with Crippen LogP contribution in [0.4, 0.5) is 0 Å². The van der Waals surface area contributed by atoms with Crippen LogP contribution in [0.3, 0.4) is 0 Å². The Labute approximate surface area is 79.4 Å². The van der Waals surface area contributed by atoms with Crippen molar-refractivity contribution in [3.05, 3.63) is 35.4 Å². The fourth-order valence-corrected chi connectivity index (χ4v) is 1.46. The van der Waals surface area contributed by atoms with Crippen LogP contribution in [0.2, 0.25) is 0 Å². The van der Waals surface area contributed by atoms with E-state index in [1.807, 2.05) is 24.3 Å². The van der Waals surface area contributed by atoms with Crippen LogP contribution < -0.4 is 5.73 Å². The molecule has 1 rings (SSSR count). The van der Waals surface area contributed by atoms with Crippen molar-refractivity contribution >= 4 is 0 Å². The summed E-state index contributed by atoms with van der Waals surface area (Å²) >= 11 is 0. The van der Waals surface area contributed by atoms with Crippen molar-refractivity contribution in [2.75, 3.05) is 6.54 Å². The van der Waals surface area contributed by atoms with E-state index in [1.165, 1.54) is 0 Å². The van der Waals surface area contributed by atoms with Gasteiger partial charge >= 0.3 is 0 Å². The van der Waals surface area contributed by atoms with E-state index in [1.54, 1.807) is 6.92 Å². The molecule has 0 aliphatic rings. The number of aryl methyl sites for hydroxylation is 1. The quantitative estimate of drug-likeness (QED) is 0.737. The Balaban J connectivity index is 3.12. The van der Waals surface area contributed by atoms with Gasteiger partial charge in [0, 0.05) is 6.54 Å². The van der Waals surface area contributed by atoms with Gasteiger partial charge in [-0.1, -0.05) is 31.2 Å². The second kappa shape index (κ2) is 3.90. The summed E-state index contributed by atoms with van der Waals surface area (Å²) in [4.78, 5) is 0. The van der Waals surface area contributed by atoms with E-state index >= 15 is 0 Å². The van der Waals surface area contributed by atoms with Gasteiger partial charge in [-0.25, -0.2) is 0 Å². The highest BCUT2D eigenvalue weighted by molar-refractivity contribution is 5.32. The first-order valence-electron chi connectivity index (χ1n) is 4.62. The Bertz CT molecular complexity index is 281. The summed E-state index contributed by atoms with van der Waals surface area (Å²) in [7, 11) is 0. The van der Waals surface area contributed by atoms with Crippen molar-refractivity contribution in [2.24, 2.45) is 5.73 Å². The maximum Gasteiger partial charge on any atom is 0.0992 e. The molecule has 0 fully saturated rings. The molecule has 0 amide bonds. The van der Waals surface area contributed by atoms with Gasteiger partial charge in [0.2, 0.25) is 0 Å². The van der Waals surface area contributed by atoms with Crippen LogP contribution in [0.1, 0.15) is 25.0 Å². The van der Waals surface area contributed by atoms with E-state index in [4.69, 9.17) is 5.73 Å². The van der Waals surface area contributed by atoms with E-state index in [0.717, 1.165) is 17.5 Å². The van der Waals surface area contributed by atoms with E-state index < -0.39 is 5.60 Å². The van der Waals surface area contributed by atoms with E-state index in [-0.39, 0.29) is 6.54 Å². The minimum atomic E-state index is -0.896. The van der Waals surface area contributed by atoms with Crippen LogP contribution in [0.15, 0.2) is 24.3 Å². The second-order valence-electron chi connectivity index (χ2n) is 3.49. The van der Waals surface area contributed by atoms with Crippen molar-refractivity contribution in [3.63, 3.8) is 0 Å². The van der Waals surface area contributed by atoms with Crippen molar-refractivity contribution in [2.45, 2.75) is 25.9 Å². The predicted molar refractivity (Wildman–Crippen MR) is 54.4 cm³/mol. The smallest absolute Gasteiger partial charge is 0.0992 e. The van der Waals surface area contributed by atoms with Gasteiger partial charge in [0.1, 0.15) is 0 Å². The average molecular weight is 179 g/mol. The molecule has 1 aromatic rings. The molecule has 2 heteroatoms. The summed E-state index contributed by atoms with van der Waals surface area (Å²) in [6.07, 6.45) is 0.923. The Morgan fingerprint density at radius 1 is 1.38 bits per heavy atom. The molecule has 0 aliphatic heterocycles. The number of hydrogen-bond donors (Lipinski definition) is 2. The molecule has 0 aliphatic carbocycles. The second-order valence-corrected chi connectivity index (χ2v) is 3.49. The lowest BCUT2D eigenvalue weighted by atomic mass is 9.90. The monoisotopic (exact) mass is 179 g/mol. The first-order chi connectivity index (χ1) is 6.11. The van der Waals surface area contributed by atoms with Crippen LogP contribution in [-0.4, -0.2) is 11.7 Å². The zero-order valence-electron chi connectivity index (χ0n) is 8.25. The van der Waals surface area contributed by atoms with Crippen LogP contribution >= 0.6 is 0 Å². The summed E-state index contributed by atoms with van der Waals surface area (Å²) in [5.74, 6) is 0. The Morgan fingerprint density at radius 3 is 2.54 bits per heavy atom. The minimum absolute atomic E-state index is 0.254. The summed E-state index contributed by atoms with van der Waals surface area (Å²) in [5.41, 5.74) is 6.72. The molecule has 0 saturated carbocycles. The molecule has 2 nitrogen and oxygen atoms in total. The molecule has 3 N–H and O–H groups in total. The van der Waals surface area contributed by atoms with E-state index in [9.17, 15) is 5.11 Å². The Kier molecular flexibility index (Phi) is 3.07. The molecule has 1 atom stereocenters. The highest BCUT2D eigenvalue weighted by Crippen LogP contribution is 2.23. The minimum Gasteiger partial charge on any atom is -0.384 e. The predicted octanol–water partition coefficient (Wildman–Crippen LogP) is 1.42. The van der Waals surface area contributed by atoms with Crippen LogP contribution in [0.5, 0.6) is 0 Å². The van der Waals surface area contributed by atoms with E-state index in [0.29, 0.717) is 0 Å². The summed E-state index contributed by atoms with van der Waals surface area (Å²) in [5, 5.41) is 9.98. The van der Waals surface area contributed by atoms with Gasteiger partial charge < -0.3 is 10.8 Å². The number of nitrogens with two attached hydrogens (primary N) is 1. The molecule has 0 aromatic heterocycles. The van der Waals surface area contributed by atoms with Crippen molar-refractivity contribution in [1.82, 2.24) is 0 Å². The van der Waals surface area contributed by atoms with Crippen LogP contribution in [0, 0.1) is 0 Å². The maximum absolute atomic E-state index is 9.98. The summed E-state index contributed by atoms with van der Waals surface area (Å²) in [6.45, 7) is 4.08. The largest absolute Gasteiger partial charge is 0.384 e. The topological polar surface area (TPSA) is 46.2 Å². The summed E-state index contributed by atoms with van der Waals surface area (Å²) < 4.78 is 0. The lowest BCUT2D eigenvalue weighted by Gasteiger charge is -2.24. The molecule has 13 heavy (non-hydrogen) atoms. The van der Waals surface area contributed by atoms with Crippen molar-refractivity contribution in [3.8, 4) is 0 Å². The highest BCUT2D eigenvalue weighted by atomic mass is 16.3. The normalized spacial score (nSPS) is 15.4. The average Bonchev–Trinajstić information content (AvgIpc) is 2.18. The molecular formula is C11H17NO. The Hall–Kier alpha value is -0.860. The Morgan fingerprint density at radius 2 is 2.00 bits per heavy atom. The molecule has 0 saturated heterocycles. The standard InChI is InChI=1S/C11H17NO/c1-3-9-6-4-5-7-10(9)11(2,13)8-12/h4-7,13H,3,8,12H2,1-2H3. The molecule has 0 spiro atoms. The summed E-state index contributed by atoms with van der Waals surface area (Å²) in [6, 6.07) is 7.87. The van der Waals surface area contributed by atoms with Gasteiger partial charge in [-0.2, -0.15) is 0 Å². The lowest BCUT2D eigenvalue weighted by Crippen LogP contribution is -2.32. The first-order valence-corrected chi connectivity index (χ1v) is 4.62. The third kappa shape index (κ3) is 2.08. The van der Waals surface area contributed by atoms with Crippen LogP contribution in [-0.2, 0) is 12.0 Å². The zero-order valence-corrected chi connectivity index (χ0v) is 8.25. The zero-order chi connectivity index (χ0) is 9.90. The molecule has 72 valence electrons. The maximum atomic E-state index is 9.98. The molecule has 0 radical (unpaired) electrons. The molecule has 0 bridgehead atoms. The van der Waals surface area contributed by atoms with Gasteiger partial charge in [-0.15, -0.1) is 0 Å². The van der Waals surface area contributed by atoms with Crippen molar-refractivity contribution < 1.29 is 5.11 Å². The fraction of sp³-hybridized carbons (Fsp3) is 0.455. The third-order valence-corrected chi connectivity index (χ3v) is 2.38. The number of benzene rings is 1. The van der Waals surface area contributed by atoms with Gasteiger partial charge in [-0.05, 0) is 24.5 Å². The molecular weight excluding hydrogens is 162 g/mol. The first kappa shape index (κ1) is 10.2. The molecule has 1 unspecified atom stereocenters. The van der Waals surface area contributed by atoms with Crippen LogP contribution in [0.25, 0.3) is 0 Å². The molecule has 0 heterocycles. The number of aliphatic hydroxyl groups is 1. The van der Waals surface area contributed by atoms with Gasteiger partial charge in [0.25, 0.3) is 0 Å². The van der Waals surface area contributed by atoms with Gasteiger partial charge in [0.15, 0.2) is 0 Å². The third-order valence-electron chi connectivity index (χ3n) is 2.38. The number of rotatable bonds is 3. The number of hydrogen-bond acceptors (Lipinski definition) is 2.